The average Bonchev–Trinajstić information content (AvgIpc) is 2.87. The van der Waals surface area contributed by atoms with E-state index in [-0.39, 0.29) is 0 Å². The van der Waals surface area contributed by atoms with Gasteiger partial charge in [0.15, 0.2) is 0 Å². The second kappa shape index (κ2) is 6.31. The van der Waals surface area contributed by atoms with E-state index in [0.29, 0.717) is 12.0 Å². The second-order valence-electron chi connectivity index (χ2n) is 5.87. The number of ether oxygens (including phenoxy) is 1. The molecule has 0 bridgehead atoms. The second-order valence-corrected chi connectivity index (χ2v) is 5.87. The van der Waals surface area contributed by atoms with Gasteiger partial charge >= 0.3 is 0 Å². The molecular formula is C17H23N3O. The molecule has 1 heterocycles. The Morgan fingerprint density at radius 3 is 2.67 bits per heavy atom. The molecule has 4 nitrogen and oxygen atoms in total. The van der Waals surface area contributed by atoms with Crippen LogP contribution in [-0.4, -0.2) is 29.5 Å². The van der Waals surface area contributed by atoms with Crippen LogP contribution in [0.2, 0.25) is 0 Å². The fourth-order valence-electron chi connectivity index (χ4n) is 2.91. The van der Waals surface area contributed by atoms with Crippen molar-refractivity contribution in [2.75, 3.05) is 13.7 Å². The summed E-state index contributed by atoms with van der Waals surface area (Å²) in [6.07, 6.45) is 6.45. The Morgan fingerprint density at radius 2 is 2.05 bits per heavy atom. The Morgan fingerprint density at radius 1 is 1.29 bits per heavy atom. The van der Waals surface area contributed by atoms with Crippen molar-refractivity contribution in [1.29, 1.82) is 0 Å². The van der Waals surface area contributed by atoms with E-state index in [1.54, 1.807) is 7.11 Å². The molecule has 1 N–H and O–H groups in total. The number of aromatic nitrogens is 2. The molecule has 0 amide bonds. The lowest BCUT2D eigenvalue weighted by Crippen LogP contribution is -2.41. The van der Waals surface area contributed by atoms with E-state index in [1.165, 1.54) is 24.0 Å². The summed E-state index contributed by atoms with van der Waals surface area (Å²) < 4.78 is 7.20. The molecular weight excluding hydrogens is 262 g/mol. The van der Waals surface area contributed by atoms with Gasteiger partial charge in [-0.25, -0.2) is 0 Å². The predicted molar refractivity (Wildman–Crippen MR) is 83.7 cm³/mol. The lowest BCUT2D eigenvalue weighted by atomic mass is 9.76. The number of methoxy groups -OCH3 is 1. The number of hydrogen-bond acceptors (Lipinski definition) is 3. The molecule has 3 rings (SSSR count). The van der Waals surface area contributed by atoms with Crippen molar-refractivity contribution >= 4 is 0 Å². The summed E-state index contributed by atoms with van der Waals surface area (Å²) >= 11 is 0. The van der Waals surface area contributed by atoms with E-state index < -0.39 is 0 Å². The number of nitrogens with zero attached hydrogens (tertiary/aromatic N) is 2. The summed E-state index contributed by atoms with van der Waals surface area (Å²) in [5.74, 6) is 1.63. The molecule has 0 saturated heterocycles. The van der Waals surface area contributed by atoms with Gasteiger partial charge in [0.1, 0.15) is 5.75 Å². The molecule has 1 aromatic heterocycles. The van der Waals surface area contributed by atoms with Gasteiger partial charge in [0.25, 0.3) is 0 Å². The Balaban J connectivity index is 1.39. The highest BCUT2D eigenvalue weighted by Gasteiger charge is 2.29. The topological polar surface area (TPSA) is 39.1 Å². The van der Waals surface area contributed by atoms with Crippen molar-refractivity contribution in [3.8, 4) is 5.75 Å². The third kappa shape index (κ3) is 3.45. The van der Waals surface area contributed by atoms with Crippen LogP contribution in [0.3, 0.4) is 0 Å². The number of nitrogens with one attached hydrogen (secondary N) is 1. The van der Waals surface area contributed by atoms with Crippen molar-refractivity contribution in [3.05, 3.63) is 47.8 Å². The van der Waals surface area contributed by atoms with Crippen molar-refractivity contribution in [2.24, 2.45) is 0 Å². The van der Waals surface area contributed by atoms with Gasteiger partial charge < -0.3 is 10.1 Å². The SMILES string of the molecule is COc1ccc(C2CC(NCCn3cc(C)cn3)C2)cc1. The molecule has 0 spiro atoms. The first kappa shape index (κ1) is 14.1. The van der Waals surface area contributed by atoms with Crippen LogP contribution in [0.4, 0.5) is 0 Å². The van der Waals surface area contributed by atoms with Gasteiger partial charge in [0.05, 0.1) is 19.9 Å². The molecule has 1 aromatic carbocycles. The minimum Gasteiger partial charge on any atom is -0.497 e. The fraction of sp³-hybridized carbons (Fsp3) is 0.471. The largest absolute Gasteiger partial charge is 0.497 e. The first-order chi connectivity index (χ1) is 10.2. The third-order valence-electron chi connectivity index (χ3n) is 4.26. The van der Waals surface area contributed by atoms with Gasteiger partial charge in [-0.2, -0.15) is 5.10 Å². The molecule has 1 fully saturated rings. The van der Waals surface area contributed by atoms with Crippen LogP contribution < -0.4 is 10.1 Å². The standard InChI is InChI=1S/C17H23N3O/c1-13-11-19-20(12-13)8-7-18-16-9-15(10-16)14-3-5-17(21-2)6-4-14/h3-6,11-12,15-16,18H,7-10H2,1-2H3. The third-order valence-corrected chi connectivity index (χ3v) is 4.26. The first-order valence-corrected chi connectivity index (χ1v) is 7.61. The van der Waals surface area contributed by atoms with Crippen LogP contribution in [0, 0.1) is 6.92 Å². The maximum atomic E-state index is 5.20. The number of benzene rings is 1. The van der Waals surface area contributed by atoms with Crippen molar-refractivity contribution < 1.29 is 4.74 Å². The molecule has 1 saturated carbocycles. The van der Waals surface area contributed by atoms with Gasteiger partial charge in [-0.15, -0.1) is 0 Å². The maximum absolute atomic E-state index is 5.20. The van der Waals surface area contributed by atoms with Crippen LogP contribution in [0.15, 0.2) is 36.7 Å². The molecule has 1 aliphatic carbocycles. The average molecular weight is 285 g/mol. The van der Waals surface area contributed by atoms with Gasteiger partial charge in [-0.05, 0) is 48.9 Å². The van der Waals surface area contributed by atoms with Crippen molar-refractivity contribution in [1.82, 2.24) is 15.1 Å². The zero-order valence-electron chi connectivity index (χ0n) is 12.7. The molecule has 112 valence electrons. The minimum absolute atomic E-state index is 0.647. The first-order valence-electron chi connectivity index (χ1n) is 7.61. The molecule has 4 heteroatoms. The van der Waals surface area contributed by atoms with Crippen LogP contribution in [-0.2, 0) is 6.54 Å². The van der Waals surface area contributed by atoms with E-state index >= 15 is 0 Å². The van der Waals surface area contributed by atoms with E-state index in [1.807, 2.05) is 10.9 Å². The molecule has 0 aliphatic heterocycles. The van der Waals surface area contributed by atoms with Crippen molar-refractivity contribution in [3.63, 3.8) is 0 Å². The van der Waals surface area contributed by atoms with Gasteiger partial charge in [0.2, 0.25) is 0 Å². The highest BCUT2D eigenvalue weighted by atomic mass is 16.5. The highest BCUT2D eigenvalue weighted by Crippen LogP contribution is 2.37. The molecule has 21 heavy (non-hydrogen) atoms. The lowest BCUT2D eigenvalue weighted by Gasteiger charge is -2.36. The number of hydrogen-bond donors (Lipinski definition) is 1. The van der Waals surface area contributed by atoms with E-state index in [9.17, 15) is 0 Å². The quantitative estimate of drug-likeness (QED) is 0.887. The van der Waals surface area contributed by atoms with E-state index in [2.05, 4.69) is 47.8 Å². The van der Waals surface area contributed by atoms with E-state index in [4.69, 9.17) is 4.74 Å². The van der Waals surface area contributed by atoms with E-state index in [0.717, 1.165) is 18.8 Å². The lowest BCUT2D eigenvalue weighted by molar-refractivity contribution is 0.286. The Labute approximate surface area is 126 Å². The van der Waals surface area contributed by atoms with Crippen LogP contribution in [0.25, 0.3) is 0 Å². The van der Waals surface area contributed by atoms with Crippen LogP contribution in [0.1, 0.15) is 29.9 Å². The summed E-state index contributed by atoms with van der Waals surface area (Å²) in [4.78, 5) is 0. The summed E-state index contributed by atoms with van der Waals surface area (Å²) in [6.45, 7) is 4.00. The van der Waals surface area contributed by atoms with Gasteiger partial charge in [-0.1, -0.05) is 12.1 Å². The summed E-state index contributed by atoms with van der Waals surface area (Å²) in [5.41, 5.74) is 2.65. The minimum atomic E-state index is 0.647. The van der Waals surface area contributed by atoms with Gasteiger partial charge in [-0.3, -0.25) is 4.68 Å². The summed E-state index contributed by atoms with van der Waals surface area (Å²) in [7, 11) is 1.71. The zero-order valence-corrected chi connectivity index (χ0v) is 12.7. The highest BCUT2D eigenvalue weighted by molar-refractivity contribution is 5.30. The molecule has 1 aliphatic rings. The molecule has 0 unspecified atom stereocenters. The zero-order chi connectivity index (χ0) is 14.7. The normalized spacial score (nSPS) is 21.0. The van der Waals surface area contributed by atoms with Crippen LogP contribution >= 0.6 is 0 Å². The maximum Gasteiger partial charge on any atom is 0.118 e. The predicted octanol–water partition coefficient (Wildman–Crippen LogP) is 2.74. The Kier molecular flexibility index (Phi) is 4.25. The number of aryl methyl sites for hydroxylation is 1. The fourth-order valence-corrected chi connectivity index (χ4v) is 2.91. The van der Waals surface area contributed by atoms with Crippen LogP contribution in [0.5, 0.6) is 5.75 Å². The monoisotopic (exact) mass is 285 g/mol. The molecule has 2 aromatic rings. The van der Waals surface area contributed by atoms with Crippen molar-refractivity contribution in [2.45, 2.75) is 38.3 Å². The molecule has 0 radical (unpaired) electrons. The summed E-state index contributed by atoms with van der Waals surface area (Å²) in [5, 5.41) is 7.91. The smallest absolute Gasteiger partial charge is 0.118 e. The Hall–Kier alpha value is -1.81. The number of rotatable bonds is 6. The Bertz CT molecular complexity index is 570. The van der Waals surface area contributed by atoms with Gasteiger partial charge in [0, 0.05) is 18.8 Å². The molecule has 0 atom stereocenters. The summed E-state index contributed by atoms with van der Waals surface area (Å²) in [6, 6.07) is 9.12.